The van der Waals surface area contributed by atoms with Gasteiger partial charge in [-0.2, -0.15) is 0 Å². The number of allylic oxidation sites excluding steroid dienone is 3. The lowest BCUT2D eigenvalue weighted by Crippen LogP contribution is -2.51. The highest BCUT2D eigenvalue weighted by Crippen LogP contribution is 2.67. The normalized spacial score (nSPS) is 32.3. The molecule has 290 valence electrons. The highest BCUT2D eigenvalue weighted by atomic mass is 16.5. The van der Waals surface area contributed by atoms with Crippen LogP contribution < -0.4 is 0 Å². The third-order valence-electron chi connectivity index (χ3n) is 14.4. The monoisotopic (exact) mass is 698 g/mol. The van der Waals surface area contributed by atoms with E-state index in [-0.39, 0.29) is 0 Å². The maximum Gasteiger partial charge on any atom is 0.0644 e. The van der Waals surface area contributed by atoms with Crippen molar-refractivity contribution < 1.29 is 14.2 Å². The van der Waals surface area contributed by atoms with Gasteiger partial charge in [0.25, 0.3) is 0 Å². The molecular formula is C46H83NO3. The Morgan fingerprint density at radius 1 is 0.800 bits per heavy atom. The molecule has 2 unspecified atom stereocenters. The smallest absolute Gasteiger partial charge is 0.0644 e. The molecule has 3 saturated carbocycles. The molecule has 9 atom stereocenters. The van der Waals surface area contributed by atoms with Crippen molar-refractivity contribution in [1.82, 2.24) is 4.90 Å². The number of likely N-dealkylation sites (N-methyl/N-ethyl adjacent to an activating group) is 1. The first kappa shape index (κ1) is 42.1. The molecule has 4 heteroatoms. The second kappa shape index (κ2) is 21.3. The van der Waals surface area contributed by atoms with Gasteiger partial charge in [0.1, 0.15) is 0 Å². The van der Waals surface area contributed by atoms with E-state index < -0.39 is 0 Å². The average molecular weight is 698 g/mol. The Balaban J connectivity index is 1.10. The van der Waals surface area contributed by atoms with Gasteiger partial charge in [-0.1, -0.05) is 97.4 Å². The maximum atomic E-state index is 6.54. The highest BCUT2D eigenvalue weighted by molar-refractivity contribution is 5.25. The molecule has 0 aromatic carbocycles. The Kier molecular flexibility index (Phi) is 17.9. The molecule has 0 spiro atoms. The quantitative estimate of drug-likeness (QED) is 0.0742. The molecule has 4 aliphatic carbocycles. The summed E-state index contributed by atoms with van der Waals surface area (Å²) in [6.45, 7) is 19.0. The molecule has 0 aromatic heterocycles. The first-order valence-electron chi connectivity index (χ1n) is 21.9. The first-order valence-corrected chi connectivity index (χ1v) is 21.9. The van der Waals surface area contributed by atoms with E-state index in [1.165, 1.54) is 96.3 Å². The molecule has 3 fully saturated rings. The first-order chi connectivity index (χ1) is 24.1. The van der Waals surface area contributed by atoms with E-state index >= 15 is 0 Å². The summed E-state index contributed by atoms with van der Waals surface area (Å²) in [5, 5.41) is 0. The van der Waals surface area contributed by atoms with Gasteiger partial charge in [0.15, 0.2) is 0 Å². The molecule has 0 saturated heterocycles. The minimum atomic E-state index is 0.312. The Bertz CT molecular complexity index is 1010. The molecule has 50 heavy (non-hydrogen) atoms. The third kappa shape index (κ3) is 11.7. The van der Waals surface area contributed by atoms with Gasteiger partial charge in [0.05, 0.1) is 25.4 Å². The van der Waals surface area contributed by atoms with Gasteiger partial charge in [0.2, 0.25) is 0 Å². The maximum absolute atomic E-state index is 6.54. The molecule has 4 aliphatic rings. The van der Waals surface area contributed by atoms with Crippen molar-refractivity contribution in [2.75, 3.05) is 47.1 Å². The molecule has 4 nitrogen and oxygen atoms in total. The zero-order chi connectivity index (χ0) is 36.0. The number of nitrogens with zero attached hydrogens (tertiary/aromatic N) is 1. The predicted molar refractivity (Wildman–Crippen MR) is 214 cm³/mol. The van der Waals surface area contributed by atoms with E-state index in [1.807, 2.05) is 0 Å². The molecule has 0 N–H and O–H groups in total. The summed E-state index contributed by atoms with van der Waals surface area (Å²) in [7, 11) is 4.27. The molecule has 0 radical (unpaired) electrons. The van der Waals surface area contributed by atoms with Gasteiger partial charge < -0.3 is 19.1 Å². The van der Waals surface area contributed by atoms with Gasteiger partial charge >= 0.3 is 0 Å². The van der Waals surface area contributed by atoms with Crippen LogP contribution in [0.5, 0.6) is 0 Å². The summed E-state index contributed by atoms with van der Waals surface area (Å²) in [5.41, 5.74) is 2.75. The Hall–Kier alpha value is -0.680. The van der Waals surface area contributed by atoms with Crippen molar-refractivity contribution in [2.24, 2.45) is 46.3 Å². The topological polar surface area (TPSA) is 30.9 Å². The van der Waals surface area contributed by atoms with Crippen LogP contribution in [0.25, 0.3) is 0 Å². The van der Waals surface area contributed by atoms with Crippen LogP contribution in [0.4, 0.5) is 0 Å². The largest absolute Gasteiger partial charge is 0.380 e. The summed E-state index contributed by atoms with van der Waals surface area (Å²) in [5.74, 6) is 5.45. The van der Waals surface area contributed by atoms with Gasteiger partial charge in [0, 0.05) is 19.8 Å². The number of hydrogen-bond donors (Lipinski definition) is 0. The van der Waals surface area contributed by atoms with Crippen molar-refractivity contribution in [2.45, 2.75) is 176 Å². The third-order valence-corrected chi connectivity index (χ3v) is 14.4. The lowest BCUT2D eigenvalue weighted by molar-refractivity contribution is -0.0643. The molecule has 0 aliphatic heterocycles. The summed E-state index contributed by atoms with van der Waals surface area (Å²) in [6.07, 6.45) is 32.6. The fourth-order valence-electron chi connectivity index (χ4n) is 11.2. The number of hydrogen-bond acceptors (Lipinski definition) is 4. The number of ether oxygens (including phenoxy) is 3. The van der Waals surface area contributed by atoms with Crippen LogP contribution in [0.1, 0.15) is 164 Å². The van der Waals surface area contributed by atoms with Crippen LogP contribution in [0, 0.1) is 46.3 Å². The van der Waals surface area contributed by atoms with Crippen molar-refractivity contribution >= 4 is 0 Å². The zero-order valence-electron chi connectivity index (χ0n) is 34.5. The second-order valence-electron chi connectivity index (χ2n) is 18.6. The van der Waals surface area contributed by atoms with Crippen molar-refractivity contribution in [1.29, 1.82) is 0 Å². The van der Waals surface area contributed by atoms with Gasteiger partial charge in [-0.25, -0.2) is 0 Å². The lowest BCUT2D eigenvalue weighted by Gasteiger charge is -2.58. The summed E-state index contributed by atoms with van der Waals surface area (Å²) < 4.78 is 18.7. The fraction of sp³-hybridized carbons (Fsp3) is 0.913. The van der Waals surface area contributed by atoms with Gasteiger partial charge in [-0.3, -0.25) is 0 Å². The molecule has 0 heterocycles. The zero-order valence-corrected chi connectivity index (χ0v) is 34.5. The van der Waals surface area contributed by atoms with Crippen LogP contribution in [-0.2, 0) is 14.2 Å². The summed E-state index contributed by atoms with van der Waals surface area (Å²) in [6, 6.07) is 0.312. The van der Waals surface area contributed by atoms with Crippen LogP contribution in [0.2, 0.25) is 0 Å². The van der Waals surface area contributed by atoms with Crippen LogP contribution >= 0.6 is 0 Å². The molecule has 0 aromatic rings. The minimum Gasteiger partial charge on any atom is -0.380 e. The van der Waals surface area contributed by atoms with E-state index in [0.717, 1.165) is 94.2 Å². The fourth-order valence-corrected chi connectivity index (χ4v) is 11.2. The van der Waals surface area contributed by atoms with Gasteiger partial charge in [-0.15, -0.1) is 0 Å². The Labute approximate surface area is 311 Å². The van der Waals surface area contributed by atoms with Gasteiger partial charge in [-0.05, 0) is 150 Å². The van der Waals surface area contributed by atoms with Crippen molar-refractivity contribution in [3.05, 3.63) is 23.8 Å². The summed E-state index contributed by atoms with van der Waals surface area (Å²) in [4.78, 5) is 2.24. The molecular weight excluding hydrogens is 615 g/mol. The van der Waals surface area contributed by atoms with E-state index in [4.69, 9.17) is 14.2 Å². The lowest BCUT2D eigenvalue weighted by atomic mass is 9.47. The minimum absolute atomic E-state index is 0.312. The van der Waals surface area contributed by atoms with E-state index in [0.29, 0.717) is 23.0 Å². The van der Waals surface area contributed by atoms with Crippen LogP contribution in [0.15, 0.2) is 23.8 Å². The molecule has 0 bridgehead atoms. The van der Waals surface area contributed by atoms with Crippen LogP contribution in [-0.4, -0.2) is 64.2 Å². The van der Waals surface area contributed by atoms with E-state index in [2.05, 4.69) is 78.8 Å². The Morgan fingerprint density at radius 2 is 1.52 bits per heavy atom. The van der Waals surface area contributed by atoms with E-state index in [9.17, 15) is 0 Å². The molecule has 0 amide bonds. The number of rotatable bonds is 24. The number of fused-ring (bicyclic) bond motifs is 5. The van der Waals surface area contributed by atoms with Crippen LogP contribution in [0.3, 0.4) is 0 Å². The predicted octanol–water partition coefficient (Wildman–Crippen LogP) is 12.1. The SMILES string of the molecule is CCCCC/C=C\CCCOCC(COCCCCO[C@H]1CC[C@@]2(C)C(=CC[C@H]3[C@@H]4CC[C@H](C(C)CCCC(C)C)[C@@]4(C)CC[C@@H]32)C1)N(C)C. The van der Waals surface area contributed by atoms with E-state index in [1.54, 1.807) is 5.57 Å². The standard InChI is InChI=1S/C46H83NO3/c1-9-10-11-12-13-14-15-16-30-48-34-39(47(7)8)35-49-31-17-18-32-50-40-26-28-45(5)38(33-40)22-23-41-43-25-24-42(37(4)21-19-20-36(2)3)46(43,6)29-27-44(41)45/h13-14,22,36-37,39-44H,9-12,15-21,23-35H2,1-8H3/b14-13-/t37?,39?,40-,41-,42+,43-,44-,45-,46+/m0/s1. The average Bonchev–Trinajstić information content (AvgIpc) is 3.44. The number of unbranched alkanes of at least 4 members (excludes halogenated alkanes) is 5. The molecule has 4 rings (SSSR count). The summed E-state index contributed by atoms with van der Waals surface area (Å²) >= 11 is 0. The van der Waals surface area contributed by atoms with Crippen molar-refractivity contribution in [3.8, 4) is 0 Å². The highest BCUT2D eigenvalue weighted by Gasteiger charge is 2.59. The second-order valence-corrected chi connectivity index (χ2v) is 18.6. The van der Waals surface area contributed by atoms with Crippen molar-refractivity contribution in [3.63, 3.8) is 0 Å². The Morgan fingerprint density at radius 3 is 2.24 bits per heavy atom.